The molecule has 0 aliphatic rings. The van der Waals surface area contributed by atoms with Gasteiger partial charge in [-0.2, -0.15) is 0 Å². The Hall–Kier alpha value is -3.03. The van der Waals surface area contributed by atoms with Gasteiger partial charge >= 0.3 is 17.5 Å². The van der Waals surface area contributed by atoms with Crippen molar-refractivity contribution in [2.24, 2.45) is 0 Å². The molecular weight excluding hydrogens is 392 g/mol. The summed E-state index contributed by atoms with van der Waals surface area (Å²) in [6.45, 7) is 6.19. The zero-order valence-corrected chi connectivity index (χ0v) is 17.2. The van der Waals surface area contributed by atoms with Crippen molar-refractivity contribution in [3.05, 3.63) is 77.6 Å². The molecule has 152 valence electrons. The lowest BCUT2D eigenvalue weighted by Crippen LogP contribution is -2.13. The molecule has 1 N–H and O–H groups in total. The van der Waals surface area contributed by atoms with E-state index >= 15 is 0 Å². The van der Waals surface area contributed by atoms with E-state index in [-0.39, 0.29) is 0 Å². The van der Waals surface area contributed by atoms with Crippen LogP contribution in [0.15, 0.2) is 65.1 Å². The zero-order valence-electron chi connectivity index (χ0n) is 16.4. The quantitative estimate of drug-likeness (QED) is 0.500. The number of rotatable bonds is 4. The minimum Gasteiger partial charge on any atom is -0.748 e. The van der Waals surface area contributed by atoms with Gasteiger partial charge in [-0.15, -0.1) is 0 Å². The van der Waals surface area contributed by atoms with E-state index in [9.17, 15) is 17.8 Å². The van der Waals surface area contributed by atoms with E-state index in [0.29, 0.717) is 0 Å². The molecule has 0 saturated carbocycles. The molecule has 3 aromatic rings. The molecule has 0 atom stereocenters. The van der Waals surface area contributed by atoms with Crippen molar-refractivity contribution in [3.63, 3.8) is 0 Å². The molecule has 0 saturated heterocycles. The molecule has 0 aliphatic heterocycles. The van der Waals surface area contributed by atoms with Gasteiger partial charge in [0.25, 0.3) is 0 Å². The highest BCUT2D eigenvalue weighted by molar-refractivity contribution is 7.86. The van der Waals surface area contributed by atoms with Crippen molar-refractivity contribution in [1.29, 1.82) is 0 Å². The molecule has 0 unspecified atom stereocenters. The van der Waals surface area contributed by atoms with Gasteiger partial charge in [0.15, 0.2) is 0 Å². The van der Waals surface area contributed by atoms with Crippen LogP contribution in [-0.4, -0.2) is 29.8 Å². The first-order valence-corrected chi connectivity index (χ1v) is 10.4. The molecule has 7 heteroatoms. The van der Waals surface area contributed by atoms with Gasteiger partial charge in [0.2, 0.25) is 0 Å². The fraction of sp³-hybridized carbons (Fsp3) is 0.182. The van der Waals surface area contributed by atoms with Crippen LogP contribution in [0, 0.1) is 20.8 Å². The van der Waals surface area contributed by atoms with Crippen LogP contribution in [0.5, 0.6) is 0 Å². The van der Waals surface area contributed by atoms with E-state index in [1.165, 1.54) is 22.3 Å². The summed E-state index contributed by atoms with van der Waals surface area (Å²) >= 11 is 0. The minimum absolute atomic E-state index is 0.908. The van der Waals surface area contributed by atoms with Crippen LogP contribution in [0.2, 0.25) is 0 Å². The van der Waals surface area contributed by atoms with E-state index in [2.05, 4.69) is 74.5 Å². The van der Waals surface area contributed by atoms with Crippen LogP contribution < -0.4 is 0 Å². The summed E-state index contributed by atoms with van der Waals surface area (Å²) in [5.41, 5.74) is 6.04. The smallest absolute Gasteiger partial charge is 0.360 e. The lowest BCUT2D eigenvalue weighted by Gasteiger charge is -2.02. The Bertz CT molecular complexity index is 1020. The Labute approximate surface area is 170 Å². The first kappa shape index (κ1) is 22.3. The van der Waals surface area contributed by atoms with Gasteiger partial charge in [-0.1, -0.05) is 47.5 Å². The summed E-state index contributed by atoms with van der Waals surface area (Å²) in [5.74, 6) is -1.14. The second-order valence-corrected chi connectivity index (χ2v) is 8.05. The summed E-state index contributed by atoms with van der Waals surface area (Å²) in [6.07, 6.45) is 0. The molecule has 0 amide bonds. The first-order valence-electron chi connectivity index (χ1n) is 8.78. The Balaban J connectivity index is 0.000000321. The normalized spacial score (nSPS) is 10.8. The number of aliphatic carboxylic acids is 1. The number of carboxylic acids is 1. The number of aryl methyl sites for hydroxylation is 3. The van der Waals surface area contributed by atoms with Crippen LogP contribution in [0.25, 0.3) is 22.5 Å². The topological polar surface area (TPSA) is 106 Å². The van der Waals surface area contributed by atoms with Gasteiger partial charge in [0, 0.05) is 11.6 Å². The molecule has 2 aromatic carbocycles. The fourth-order valence-electron chi connectivity index (χ4n) is 2.56. The molecule has 1 heterocycles. The van der Waals surface area contributed by atoms with E-state index < -0.39 is 21.8 Å². The van der Waals surface area contributed by atoms with Gasteiger partial charge in [0.1, 0.15) is 15.9 Å². The van der Waals surface area contributed by atoms with Crippen molar-refractivity contribution in [3.8, 4) is 22.5 Å². The molecule has 0 aliphatic carbocycles. The van der Waals surface area contributed by atoms with Crippen LogP contribution in [0.1, 0.15) is 16.9 Å². The van der Waals surface area contributed by atoms with Crippen molar-refractivity contribution >= 4 is 16.1 Å². The molecule has 0 bridgehead atoms. The maximum Gasteiger partial charge on any atom is 0.360 e. The SMILES string of the molecule is Cc1ccc(-c2cc(C)[o+]c(-c3ccc(C)cc3)c2)cc1.O=C(O)CS(=O)(=O)[O-]. The summed E-state index contributed by atoms with van der Waals surface area (Å²) < 4.78 is 34.4. The summed E-state index contributed by atoms with van der Waals surface area (Å²) in [6, 6.07) is 21.2. The summed E-state index contributed by atoms with van der Waals surface area (Å²) in [5, 5.41) is 7.67. The van der Waals surface area contributed by atoms with E-state index in [0.717, 1.165) is 17.1 Å². The average Bonchev–Trinajstić information content (AvgIpc) is 2.61. The second-order valence-electron chi connectivity index (χ2n) is 6.65. The fourth-order valence-corrected chi connectivity index (χ4v) is 2.86. The Kier molecular flexibility index (Phi) is 7.25. The standard InChI is InChI=1S/C20H19O.C2H4O5S/c1-14-4-8-17(9-5-14)19-12-16(3)21-20(13-19)18-10-6-15(2)7-11-18;3-2(4)1-8(5,6)7/h4-13H,1-3H3;1H2,(H,3,4)(H,5,6,7)/q+1;/p-1. The number of hydrogen-bond donors (Lipinski definition) is 1. The predicted molar refractivity (Wildman–Crippen MR) is 110 cm³/mol. The Morgan fingerprint density at radius 2 is 1.34 bits per heavy atom. The molecule has 6 nitrogen and oxygen atoms in total. The van der Waals surface area contributed by atoms with Crippen LogP contribution >= 0.6 is 0 Å². The van der Waals surface area contributed by atoms with Gasteiger partial charge < -0.3 is 9.66 Å². The lowest BCUT2D eigenvalue weighted by molar-refractivity contribution is -0.134. The largest absolute Gasteiger partial charge is 0.748 e. The molecule has 1 aromatic heterocycles. The molecule has 3 rings (SSSR count). The Morgan fingerprint density at radius 1 is 0.862 bits per heavy atom. The van der Waals surface area contributed by atoms with Gasteiger partial charge in [-0.25, -0.2) is 12.8 Å². The maximum absolute atomic E-state index is 9.51. The van der Waals surface area contributed by atoms with Crippen molar-refractivity contribution in [2.75, 3.05) is 5.75 Å². The predicted octanol–water partition coefficient (Wildman–Crippen LogP) is 4.44. The molecule has 0 radical (unpaired) electrons. The first-order chi connectivity index (χ1) is 13.5. The molecular formula is C22H22O6S. The molecule has 29 heavy (non-hydrogen) atoms. The third-order valence-corrected chi connectivity index (χ3v) is 4.54. The third-order valence-electron chi connectivity index (χ3n) is 3.94. The molecule has 0 spiro atoms. The second kappa shape index (κ2) is 9.45. The highest BCUT2D eigenvalue weighted by Crippen LogP contribution is 2.28. The summed E-state index contributed by atoms with van der Waals surface area (Å²) in [7, 11) is -4.57. The monoisotopic (exact) mass is 414 g/mol. The third kappa shape index (κ3) is 7.48. The average molecular weight is 414 g/mol. The van der Waals surface area contributed by atoms with Crippen LogP contribution in [0.3, 0.4) is 0 Å². The highest BCUT2D eigenvalue weighted by Gasteiger charge is 2.16. The Morgan fingerprint density at radius 3 is 1.76 bits per heavy atom. The van der Waals surface area contributed by atoms with Gasteiger partial charge in [0.05, 0.1) is 18.6 Å². The number of carboxylic acid groups (broad SMARTS) is 1. The van der Waals surface area contributed by atoms with Crippen molar-refractivity contribution in [1.82, 2.24) is 0 Å². The summed E-state index contributed by atoms with van der Waals surface area (Å²) in [4.78, 5) is 9.44. The zero-order chi connectivity index (χ0) is 21.6. The van der Waals surface area contributed by atoms with Crippen LogP contribution in [-0.2, 0) is 14.9 Å². The lowest BCUT2D eigenvalue weighted by atomic mass is 10.0. The van der Waals surface area contributed by atoms with E-state index in [1.807, 2.05) is 6.92 Å². The number of carbonyl (C=O) groups is 1. The molecule has 0 fully saturated rings. The van der Waals surface area contributed by atoms with Crippen molar-refractivity contribution in [2.45, 2.75) is 20.8 Å². The highest BCUT2D eigenvalue weighted by atomic mass is 32.2. The van der Waals surface area contributed by atoms with E-state index in [4.69, 9.17) is 9.52 Å². The van der Waals surface area contributed by atoms with Crippen LogP contribution in [0.4, 0.5) is 0 Å². The van der Waals surface area contributed by atoms with E-state index in [1.54, 1.807) is 0 Å². The minimum atomic E-state index is -4.57. The van der Waals surface area contributed by atoms with Gasteiger partial charge in [-0.3, -0.25) is 4.79 Å². The van der Waals surface area contributed by atoms with Gasteiger partial charge in [-0.05, 0) is 31.5 Å². The maximum atomic E-state index is 9.51. The van der Waals surface area contributed by atoms with Crippen molar-refractivity contribution < 1.29 is 27.3 Å². The number of hydrogen-bond acceptors (Lipinski definition) is 4. The number of benzene rings is 2.